The number of nitrogens with one attached hydrogen (secondary N) is 1. The van der Waals surface area contributed by atoms with E-state index in [1.54, 1.807) is 11.4 Å². The molecular weight excluding hydrogens is 274 g/mol. The van der Waals surface area contributed by atoms with Crippen LogP contribution in [0.5, 0.6) is 0 Å². The summed E-state index contributed by atoms with van der Waals surface area (Å²) in [6.45, 7) is 5.71. The van der Waals surface area contributed by atoms with Crippen LogP contribution in [-0.4, -0.2) is 42.9 Å². The van der Waals surface area contributed by atoms with Crippen LogP contribution in [0.15, 0.2) is 11.4 Å². The maximum Gasteiger partial charge on any atom is 0.263 e. The maximum atomic E-state index is 12.3. The number of amides is 2. The zero-order chi connectivity index (χ0) is 14.5. The summed E-state index contributed by atoms with van der Waals surface area (Å²) in [5, 5.41) is 5.00. The van der Waals surface area contributed by atoms with Crippen LogP contribution in [0, 0.1) is 5.92 Å². The summed E-state index contributed by atoms with van der Waals surface area (Å²) >= 11 is 1.29. The topological polar surface area (TPSA) is 75.4 Å². The molecule has 5 nitrogen and oxygen atoms in total. The van der Waals surface area contributed by atoms with E-state index in [1.807, 2.05) is 4.90 Å². The van der Waals surface area contributed by atoms with Crippen LogP contribution in [0.25, 0.3) is 0 Å². The zero-order valence-corrected chi connectivity index (χ0v) is 12.5. The second-order valence-electron chi connectivity index (χ2n) is 5.11. The van der Waals surface area contributed by atoms with Gasteiger partial charge in [-0.05, 0) is 37.9 Å². The van der Waals surface area contributed by atoms with Crippen LogP contribution < -0.4 is 11.1 Å². The molecule has 20 heavy (non-hydrogen) atoms. The first-order valence-electron chi connectivity index (χ1n) is 7.00. The lowest BCUT2D eigenvalue weighted by atomic mass is 9.96. The van der Waals surface area contributed by atoms with Gasteiger partial charge in [0.15, 0.2) is 0 Å². The van der Waals surface area contributed by atoms with Crippen molar-refractivity contribution in [2.45, 2.75) is 19.8 Å². The highest BCUT2D eigenvalue weighted by Crippen LogP contribution is 2.21. The van der Waals surface area contributed by atoms with Crippen molar-refractivity contribution in [3.05, 3.63) is 21.9 Å². The molecule has 0 atom stereocenters. The Labute approximate surface area is 123 Å². The van der Waals surface area contributed by atoms with Crippen molar-refractivity contribution in [2.75, 3.05) is 26.2 Å². The largest absolute Gasteiger partial charge is 0.366 e. The fraction of sp³-hybridized carbons (Fsp3) is 0.571. The maximum absolute atomic E-state index is 12.3. The molecule has 0 aromatic carbocycles. The molecule has 3 N–H and O–H groups in total. The molecule has 1 aromatic heterocycles. The number of thiophene rings is 1. The lowest BCUT2D eigenvalue weighted by molar-refractivity contribution is 0.0695. The SMILES string of the molecule is CCNCC1CCN(C(=O)c2cc(C(N)=O)cs2)CC1. The molecule has 1 fully saturated rings. The molecule has 0 spiro atoms. The second kappa shape index (κ2) is 6.85. The van der Waals surface area contributed by atoms with Gasteiger partial charge in [0.25, 0.3) is 5.91 Å². The molecule has 6 heteroatoms. The van der Waals surface area contributed by atoms with Gasteiger partial charge in [-0.15, -0.1) is 11.3 Å². The van der Waals surface area contributed by atoms with Crippen molar-refractivity contribution in [2.24, 2.45) is 11.7 Å². The number of hydrogen-bond donors (Lipinski definition) is 2. The van der Waals surface area contributed by atoms with Crippen molar-refractivity contribution in [1.82, 2.24) is 10.2 Å². The van der Waals surface area contributed by atoms with Gasteiger partial charge in [0.1, 0.15) is 0 Å². The minimum atomic E-state index is -0.482. The Morgan fingerprint density at radius 1 is 1.45 bits per heavy atom. The number of primary amides is 1. The highest BCUT2D eigenvalue weighted by molar-refractivity contribution is 7.12. The Hall–Kier alpha value is -1.40. The van der Waals surface area contributed by atoms with Gasteiger partial charge < -0.3 is 16.0 Å². The van der Waals surface area contributed by atoms with E-state index >= 15 is 0 Å². The Bertz CT molecular complexity index is 479. The average Bonchev–Trinajstić information content (AvgIpc) is 2.95. The molecule has 0 unspecified atom stereocenters. The lowest BCUT2D eigenvalue weighted by Gasteiger charge is -2.31. The van der Waals surface area contributed by atoms with Gasteiger partial charge >= 0.3 is 0 Å². The number of carbonyl (C=O) groups excluding carboxylic acids is 2. The summed E-state index contributed by atoms with van der Waals surface area (Å²) in [5.41, 5.74) is 5.62. The van der Waals surface area contributed by atoms with E-state index in [-0.39, 0.29) is 5.91 Å². The Balaban J connectivity index is 1.89. The van der Waals surface area contributed by atoms with E-state index < -0.39 is 5.91 Å². The van der Waals surface area contributed by atoms with Crippen LogP contribution >= 0.6 is 11.3 Å². The third kappa shape index (κ3) is 3.58. The molecule has 2 amide bonds. The molecule has 0 radical (unpaired) electrons. The molecule has 1 saturated heterocycles. The van der Waals surface area contributed by atoms with Crippen molar-refractivity contribution in [3.63, 3.8) is 0 Å². The Morgan fingerprint density at radius 2 is 2.15 bits per heavy atom. The van der Waals surface area contributed by atoms with Crippen molar-refractivity contribution < 1.29 is 9.59 Å². The van der Waals surface area contributed by atoms with Gasteiger partial charge in [-0.25, -0.2) is 0 Å². The van der Waals surface area contributed by atoms with Crippen molar-refractivity contribution in [1.29, 1.82) is 0 Å². The van der Waals surface area contributed by atoms with Gasteiger partial charge in [0, 0.05) is 18.5 Å². The zero-order valence-electron chi connectivity index (χ0n) is 11.7. The number of hydrogen-bond acceptors (Lipinski definition) is 4. The first-order chi connectivity index (χ1) is 9.61. The van der Waals surface area contributed by atoms with Gasteiger partial charge in [-0.3, -0.25) is 9.59 Å². The van der Waals surface area contributed by atoms with Gasteiger partial charge in [0.05, 0.1) is 10.4 Å². The summed E-state index contributed by atoms with van der Waals surface area (Å²) < 4.78 is 0. The monoisotopic (exact) mass is 295 g/mol. The number of carbonyl (C=O) groups is 2. The standard InChI is InChI=1S/C14H21N3O2S/c1-2-16-8-10-3-5-17(6-4-10)14(19)12-7-11(9-20-12)13(15)18/h7,9-10,16H,2-6,8H2,1H3,(H2,15,18). The fourth-order valence-corrected chi connectivity index (χ4v) is 3.29. The normalized spacial score (nSPS) is 16.4. The highest BCUT2D eigenvalue weighted by atomic mass is 32.1. The first-order valence-corrected chi connectivity index (χ1v) is 7.88. The van der Waals surface area contributed by atoms with E-state index in [0.29, 0.717) is 16.4 Å². The molecule has 0 aliphatic carbocycles. The smallest absolute Gasteiger partial charge is 0.263 e. The van der Waals surface area contributed by atoms with Gasteiger partial charge in [0.2, 0.25) is 5.91 Å². The first kappa shape index (κ1) is 15.0. The minimum Gasteiger partial charge on any atom is -0.366 e. The number of likely N-dealkylation sites (tertiary alicyclic amines) is 1. The van der Waals surface area contributed by atoms with Crippen LogP contribution in [0.4, 0.5) is 0 Å². The molecule has 1 aromatic rings. The molecule has 2 heterocycles. The number of nitrogens with zero attached hydrogens (tertiary/aromatic N) is 1. The van der Waals surface area contributed by atoms with E-state index in [1.165, 1.54) is 11.3 Å². The van der Waals surface area contributed by atoms with Gasteiger partial charge in [-0.1, -0.05) is 6.92 Å². The summed E-state index contributed by atoms with van der Waals surface area (Å²) in [6, 6.07) is 1.60. The van der Waals surface area contributed by atoms with E-state index in [2.05, 4.69) is 12.2 Å². The average molecular weight is 295 g/mol. The summed E-state index contributed by atoms with van der Waals surface area (Å²) in [5.74, 6) is 0.192. The quantitative estimate of drug-likeness (QED) is 0.860. The predicted octanol–water partition coefficient (Wildman–Crippen LogP) is 1.31. The van der Waals surface area contributed by atoms with Crippen LogP contribution in [-0.2, 0) is 0 Å². The molecule has 0 bridgehead atoms. The molecular formula is C14H21N3O2S. The summed E-state index contributed by atoms with van der Waals surface area (Å²) in [4.78, 5) is 25.9. The van der Waals surface area contributed by atoms with Crippen LogP contribution in [0.3, 0.4) is 0 Å². The van der Waals surface area contributed by atoms with Crippen LogP contribution in [0.1, 0.15) is 39.8 Å². The van der Waals surface area contributed by atoms with E-state index in [9.17, 15) is 9.59 Å². The summed E-state index contributed by atoms with van der Waals surface area (Å²) in [6.07, 6.45) is 2.07. The number of rotatable bonds is 5. The van der Waals surface area contributed by atoms with Crippen molar-refractivity contribution >= 4 is 23.2 Å². The molecule has 1 aliphatic heterocycles. The highest BCUT2D eigenvalue weighted by Gasteiger charge is 2.24. The molecule has 1 aliphatic rings. The fourth-order valence-electron chi connectivity index (χ4n) is 2.42. The third-order valence-corrected chi connectivity index (χ3v) is 4.60. The number of piperidine rings is 1. The molecule has 0 saturated carbocycles. The van der Waals surface area contributed by atoms with Crippen LogP contribution in [0.2, 0.25) is 0 Å². The van der Waals surface area contributed by atoms with Crippen molar-refractivity contribution in [3.8, 4) is 0 Å². The molecule has 2 rings (SSSR count). The third-order valence-electron chi connectivity index (χ3n) is 3.68. The Morgan fingerprint density at radius 3 is 2.70 bits per heavy atom. The minimum absolute atomic E-state index is 0.0180. The van der Waals surface area contributed by atoms with E-state index in [4.69, 9.17) is 5.73 Å². The Kier molecular flexibility index (Phi) is 5.14. The summed E-state index contributed by atoms with van der Waals surface area (Å²) in [7, 11) is 0. The predicted molar refractivity (Wildman–Crippen MR) is 80.0 cm³/mol. The second-order valence-corrected chi connectivity index (χ2v) is 6.02. The molecule has 110 valence electrons. The lowest BCUT2D eigenvalue weighted by Crippen LogP contribution is -2.40. The van der Waals surface area contributed by atoms with Gasteiger partial charge in [-0.2, -0.15) is 0 Å². The number of nitrogens with two attached hydrogens (primary N) is 1. The van der Waals surface area contributed by atoms with E-state index in [0.717, 1.165) is 39.0 Å².